The second-order valence-electron chi connectivity index (χ2n) is 6.67. The first-order chi connectivity index (χ1) is 9.41. The molecule has 1 aliphatic carbocycles. The molecular weight excluding hydrogens is 270 g/mol. The molecule has 1 aliphatic rings. The molecule has 112 valence electrons. The van der Waals surface area contributed by atoms with Crippen LogP contribution in [0.4, 0.5) is 0 Å². The Labute approximate surface area is 125 Å². The predicted molar refractivity (Wildman–Crippen MR) is 82.8 cm³/mol. The van der Waals surface area contributed by atoms with Crippen molar-refractivity contribution in [3.05, 3.63) is 22.4 Å². The highest BCUT2D eigenvalue weighted by Crippen LogP contribution is 2.42. The summed E-state index contributed by atoms with van der Waals surface area (Å²) in [7, 11) is 1.45. The van der Waals surface area contributed by atoms with E-state index in [1.807, 2.05) is 6.07 Å². The molecule has 0 bridgehead atoms. The van der Waals surface area contributed by atoms with Gasteiger partial charge in [0.2, 0.25) is 0 Å². The number of carbonyl (C=O) groups is 1. The lowest BCUT2D eigenvalue weighted by atomic mass is 9.91. The summed E-state index contributed by atoms with van der Waals surface area (Å²) in [4.78, 5) is 12.9. The largest absolute Gasteiger partial charge is 0.469 e. The van der Waals surface area contributed by atoms with Crippen LogP contribution in [0.15, 0.2) is 17.5 Å². The molecule has 1 saturated carbocycles. The lowest BCUT2D eigenvalue weighted by Crippen LogP contribution is -2.36. The van der Waals surface area contributed by atoms with Gasteiger partial charge < -0.3 is 10.1 Å². The van der Waals surface area contributed by atoms with Crippen molar-refractivity contribution in [3.8, 4) is 0 Å². The van der Waals surface area contributed by atoms with Crippen molar-refractivity contribution >= 4 is 17.3 Å². The quantitative estimate of drug-likeness (QED) is 0.840. The SMILES string of the molecule is COC(=O)CC(NC1CC(C)(C)CC1C)c1cccs1. The van der Waals surface area contributed by atoms with Crippen LogP contribution in [0, 0.1) is 11.3 Å². The number of ether oxygens (including phenoxy) is 1. The number of hydrogen-bond donors (Lipinski definition) is 1. The number of rotatable bonds is 5. The van der Waals surface area contributed by atoms with E-state index in [1.165, 1.54) is 18.4 Å². The minimum Gasteiger partial charge on any atom is -0.469 e. The van der Waals surface area contributed by atoms with Gasteiger partial charge in [0.25, 0.3) is 0 Å². The Morgan fingerprint density at radius 1 is 1.55 bits per heavy atom. The van der Waals surface area contributed by atoms with Crippen molar-refractivity contribution < 1.29 is 9.53 Å². The third-order valence-electron chi connectivity index (χ3n) is 4.23. The van der Waals surface area contributed by atoms with Crippen LogP contribution in [0.5, 0.6) is 0 Å². The van der Waals surface area contributed by atoms with E-state index in [0.717, 1.165) is 6.42 Å². The molecule has 2 rings (SSSR count). The fraction of sp³-hybridized carbons (Fsp3) is 0.688. The van der Waals surface area contributed by atoms with Gasteiger partial charge in [-0.1, -0.05) is 26.8 Å². The average molecular weight is 295 g/mol. The second-order valence-corrected chi connectivity index (χ2v) is 7.65. The van der Waals surface area contributed by atoms with Gasteiger partial charge in [0.05, 0.1) is 19.6 Å². The Bertz CT molecular complexity index is 441. The van der Waals surface area contributed by atoms with Crippen LogP contribution in [0.3, 0.4) is 0 Å². The number of esters is 1. The van der Waals surface area contributed by atoms with Crippen LogP contribution in [-0.2, 0) is 9.53 Å². The molecule has 0 saturated heterocycles. The fourth-order valence-corrected chi connectivity index (χ4v) is 4.14. The van der Waals surface area contributed by atoms with Crippen molar-refractivity contribution in [3.63, 3.8) is 0 Å². The molecule has 1 aromatic rings. The summed E-state index contributed by atoms with van der Waals surface area (Å²) in [6.45, 7) is 6.95. The predicted octanol–water partition coefficient (Wildman–Crippen LogP) is 3.77. The Balaban J connectivity index is 2.06. The normalized spacial score (nSPS) is 26.4. The van der Waals surface area contributed by atoms with Crippen molar-refractivity contribution in [2.24, 2.45) is 11.3 Å². The minimum absolute atomic E-state index is 0.0730. The number of methoxy groups -OCH3 is 1. The molecule has 0 aromatic carbocycles. The van der Waals surface area contributed by atoms with E-state index >= 15 is 0 Å². The van der Waals surface area contributed by atoms with E-state index in [9.17, 15) is 4.79 Å². The van der Waals surface area contributed by atoms with Crippen molar-refractivity contribution in [1.82, 2.24) is 5.32 Å². The zero-order chi connectivity index (χ0) is 14.8. The molecular formula is C16H25NO2S. The van der Waals surface area contributed by atoms with Gasteiger partial charge in [-0.3, -0.25) is 4.79 Å². The molecule has 3 atom stereocenters. The Morgan fingerprint density at radius 3 is 2.80 bits per heavy atom. The summed E-state index contributed by atoms with van der Waals surface area (Å²) < 4.78 is 4.84. The summed E-state index contributed by atoms with van der Waals surface area (Å²) in [5.74, 6) is 0.492. The minimum atomic E-state index is -0.152. The number of carbonyl (C=O) groups excluding carboxylic acids is 1. The molecule has 1 N–H and O–H groups in total. The van der Waals surface area contributed by atoms with Crippen molar-refractivity contribution in [1.29, 1.82) is 0 Å². The van der Waals surface area contributed by atoms with Crippen LogP contribution in [0.1, 0.15) is 51.0 Å². The maximum absolute atomic E-state index is 11.6. The highest BCUT2D eigenvalue weighted by molar-refractivity contribution is 7.10. The zero-order valence-electron chi connectivity index (χ0n) is 12.8. The molecule has 4 heteroatoms. The van der Waals surface area contributed by atoms with Gasteiger partial charge in [-0.05, 0) is 35.6 Å². The Kier molecular flexibility index (Phi) is 4.86. The molecule has 3 nitrogen and oxygen atoms in total. The van der Waals surface area contributed by atoms with E-state index < -0.39 is 0 Å². The van der Waals surface area contributed by atoms with Crippen LogP contribution >= 0.6 is 11.3 Å². The van der Waals surface area contributed by atoms with E-state index in [4.69, 9.17) is 4.74 Å². The van der Waals surface area contributed by atoms with Gasteiger partial charge in [-0.15, -0.1) is 11.3 Å². The summed E-state index contributed by atoms with van der Waals surface area (Å²) in [6.07, 6.45) is 2.80. The summed E-state index contributed by atoms with van der Waals surface area (Å²) in [5.41, 5.74) is 0.391. The summed E-state index contributed by atoms with van der Waals surface area (Å²) in [5, 5.41) is 5.76. The topological polar surface area (TPSA) is 38.3 Å². The standard InChI is InChI=1S/C16H25NO2S/c1-11-9-16(2,3)10-13(11)17-12(8-15(18)19-4)14-6-5-7-20-14/h5-7,11-13,17H,8-10H2,1-4H3. The molecule has 3 unspecified atom stereocenters. The lowest BCUT2D eigenvalue weighted by molar-refractivity contribution is -0.141. The molecule has 20 heavy (non-hydrogen) atoms. The molecule has 1 fully saturated rings. The van der Waals surface area contributed by atoms with Crippen molar-refractivity contribution in [2.75, 3.05) is 7.11 Å². The maximum atomic E-state index is 11.6. The lowest BCUT2D eigenvalue weighted by Gasteiger charge is -2.25. The smallest absolute Gasteiger partial charge is 0.307 e. The Morgan fingerprint density at radius 2 is 2.30 bits per heavy atom. The summed E-state index contributed by atoms with van der Waals surface area (Å²) >= 11 is 1.70. The summed E-state index contributed by atoms with van der Waals surface area (Å²) in [6, 6.07) is 4.68. The first-order valence-corrected chi connectivity index (χ1v) is 8.15. The zero-order valence-corrected chi connectivity index (χ0v) is 13.6. The average Bonchev–Trinajstić information content (AvgIpc) is 2.96. The first-order valence-electron chi connectivity index (χ1n) is 7.27. The second kappa shape index (κ2) is 6.27. The number of nitrogens with one attached hydrogen (secondary N) is 1. The van der Waals surface area contributed by atoms with Gasteiger partial charge >= 0.3 is 5.97 Å². The van der Waals surface area contributed by atoms with E-state index in [-0.39, 0.29) is 12.0 Å². The third kappa shape index (κ3) is 3.83. The highest BCUT2D eigenvalue weighted by Gasteiger charge is 2.37. The molecule has 0 spiro atoms. The van der Waals surface area contributed by atoms with Crippen LogP contribution in [0.2, 0.25) is 0 Å². The monoisotopic (exact) mass is 295 g/mol. The van der Waals surface area contributed by atoms with E-state index in [0.29, 0.717) is 23.8 Å². The van der Waals surface area contributed by atoms with Crippen molar-refractivity contribution in [2.45, 2.75) is 52.1 Å². The molecule has 0 radical (unpaired) electrons. The van der Waals surface area contributed by atoms with Crippen LogP contribution in [0.25, 0.3) is 0 Å². The molecule has 0 amide bonds. The Hall–Kier alpha value is -0.870. The first kappa shape index (κ1) is 15.5. The molecule has 0 aliphatic heterocycles. The van der Waals surface area contributed by atoms with Crippen LogP contribution < -0.4 is 5.32 Å². The number of hydrogen-bond acceptors (Lipinski definition) is 4. The van der Waals surface area contributed by atoms with Gasteiger partial charge in [-0.25, -0.2) is 0 Å². The number of thiophene rings is 1. The molecule has 1 heterocycles. The van der Waals surface area contributed by atoms with E-state index in [2.05, 4.69) is 37.5 Å². The van der Waals surface area contributed by atoms with E-state index in [1.54, 1.807) is 11.3 Å². The maximum Gasteiger partial charge on any atom is 0.307 e. The third-order valence-corrected chi connectivity index (χ3v) is 5.22. The highest BCUT2D eigenvalue weighted by atomic mass is 32.1. The molecule has 1 aromatic heterocycles. The van der Waals surface area contributed by atoms with Crippen LogP contribution in [-0.4, -0.2) is 19.1 Å². The fourth-order valence-electron chi connectivity index (χ4n) is 3.36. The van der Waals surface area contributed by atoms with Gasteiger partial charge in [0.15, 0.2) is 0 Å². The van der Waals surface area contributed by atoms with Gasteiger partial charge in [-0.2, -0.15) is 0 Å². The van der Waals surface area contributed by atoms with Gasteiger partial charge in [0.1, 0.15) is 0 Å². The van der Waals surface area contributed by atoms with Gasteiger partial charge in [0, 0.05) is 10.9 Å².